The Labute approximate surface area is 330 Å². The number of ether oxygens (including phenoxy) is 4. The maximum Gasteiger partial charge on any atom is 0.310 e. The third-order valence-electron chi connectivity index (χ3n) is 17.6. The lowest BCUT2D eigenvalue weighted by Crippen LogP contribution is -2.69. The van der Waals surface area contributed by atoms with Gasteiger partial charge in [-0.1, -0.05) is 60.1 Å². The molecule has 14 heteroatoms. The van der Waals surface area contributed by atoms with E-state index in [9.17, 15) is 50.8 Å². The molecule has 0 spiro atoms. The zero-order chi connectivity index (χ0) is 41.1. The molecular formula is C42H68O14. The summed E-state index contributed by atoms with van der Waals surface area (Å²) in [7, 11) is 0. The van der Waals surface area contributed by atoms with Crippen molar-refractivity contribution in [3.8, 4) is 0 Å². The Morgan fingerprint density at radius 3 is 1.88 bits per heavy atom. The zero-order valence-electron chi connectivity index (χ0n) is 34.0. The summed E-state index contributed by atoms with van der Waals surface area (Å²) in [6.45, 7) is 14.4. The van der Waals surface area contributed by atoms with Crippen molar-refractivity contribution in [1.29, 1.82) is 0 Å². The summed E-state index contributed by atoms with van der Waals surface area (Å²) < 4.78 is 25.0. The fraction of sp³-hybridized carbons (Fsp3) is 0.929. The van der Waals surface area contributed by atoms with Crippen molar-refractivity contribution in [1.82, 2.24) is 0 Å². The monoisotopic (exact) mass is 796 g/mol. The van der Waals surface area contributed by atoms with Crippen LogP contribution in [-0.4, -0.2) is 139 Å². The Bertz CT molecular complexity index is 1500. The van der Waals surface area contributed by atoms with E-state index in [2.05, 4.69) is 54.5 Å². The molecule has 14 nitrogen and oxygen atoms in total. The first-order valence-corrected chi connectivity index (χ1v) is 21.0. The predicted molar refractivity (Wildman–Crippen MR) is 199 cm³/mol. The quantitative estimate of drug-likeness (QED) is 0.132. The Morgan fingerprint density at radius 2 is 1.32 bits per heavy atom. The van der Waals surface area contributed by atoms with Crippen LogP contribution in [0.5, 0.6) is 0 Å². The van der Waals surface area contributed by atoms with Crippen LogP contribution in [0.4, 0.5) is 0 Å². The summed E-state index contributed by atoms with van der Waals surface area (Å²) >= 11 is 0. The van der Waals surface area contributed by atoms with Crippen LogP contribution in [0.15, 0.2) is 11.6 Å². The average Bonchev–Trinajstić information content (AvgIpc) is 3.14. The van der Waals surface area contributed by atoms with Gasteiger partial charge < -0.3 is 64.9 Å². The van der Waals surface area contributed by atoms with Crippen LogP contribution in [0.1, 0.15) is 99.8 Å². The highest BCUT2D eigenvalue weighted by atomic mass is 16.7. The lowest BCUT2D eigenvalue weighted by atomic mass is 9.33. The first-order valence-electron chi connectivity index (χ1n) is 21.0. The predicted octanol–water partition coefficient (Wildman–Crippen LogP) is 1.71. The number of allylic oxidation sites excluding steroid dienone is 2. The summed E-state index contributed by atoms with van der Waals surface area (Å²) in [4.78, 5) is 13.2. The minimum atomic E-state index is -1.68. The van der Waals surface area contributed by atoms with E-state index in [1.165, 1.54) is 5.57 Å². The molecule has 0 amide bonds. The number of aliphatic hydroxyl groups is 8. The summed E-state index contributed by atoms with van der Waals surface area (Å²) in [6, 6.07) is 0. The molecule has 0 bridgehead atoms. The smallest absolute Gasteiger partial charge is 0.310 e. The molecule has 0 unspecified atom stereocenters. The first kappa shape index (κ1) is 42.8. The van der Waals surface area contributed by atoms with E-state index < -0.39 is 109 Å². The van der Waals surface area contributed by atoms with E-state index in [1.54, 1.807) is 0 Å². The highest BCUT2D eigenvalue weighted by Gasteiger charge is 2.71. The van der Waals surface area contributed by atoms with Gasteiger partial charge in [-0.2, -0.15) is 0 Å². The highest BCUT2D eigenvalue weighted by Crippen LogP contribution is 2.76. The maximum atomic E-state index is 13.2. The van der Waals surface area contributed by atoms with Crippen LogP contribution in [0.3, 0.4) is 0 Å². The minimum Gasteiger partial charge on any atom is -0.481 e. The number of aliphatic carboxylic acids is 1. The van der Waals surface area contributed by atoms with Gasteiger partial charge in [-0.25, -0.2) is 0 Å². The standard InChI is InChI=1S/C42H68O14/c1-19-10-13-42(37(51)52)15-14-40(6)21(27(42)20(19)2)8-9-26-39(5)16-22(53-35-32(49)30(47)28(45)23(17-43)54-35)34(38(3,4)25(39)11-12-41(26,40)7)56-36-33(50)31(48)29(46)24(18-44)55-36/h8,19-20,22-36,43-50H,9-18H2,1-7H3,(H,51,52)/t19-,20+,22-,23-,24-,25+,26-,27+,28-,29-,30+,31+,32-,33-,34+,35-,36+,39+,40-,41-,42+/m1/s1. The second kappa shape index (κ2) is 14.7. The Balaban J connectivity index is 1.28. The van der Waals surface area contributed by atoms with E-state index in [0.29, 0.717) is 25.2 Å². The largest absolute Gasteiger partial charge is 0.481 e. The highest BCUT2D eigenvalue weighted by molar-refractivity contribution is 5.76. The Morgan fingerprint density at radius 1 is 0.750 bits per heavy atom. The molecule has 5 aliphatic carbocycles. The van der Waals surface area contributed by atoms with Gasteiger partial charge in [0.15, 0.2) is 12.6 Å². The topological polar surface area (TPSA) is 236 Å². The molecule has 2 saturated heterocycles. The molecule has 0 aromatic rings. The van der Waals surface area contributed by atoms with Crippen molar-refractivity contribution in [3.63, 3.8) is 0 Å². The second-order valence-electron chi connectivity index (χ2n) is 20.3. The molecule has 9 N–H and O–H groups in total. The first-order chi connectivity index (χ1) is 26.1. The molecular weight excluding hydrogens is 728 g/mol. The number of hydrogen-bond acceptors (Lipinski definition) is 13. The van der Waals surface area contributed by atoms with Crippen molar-refractivity contribution in [3.05, 3.63) is 11.6 Å². The zero-order valence-corrected chi connectivity index (χ0v) is 34.0. The maximum absolute atomic E-state index is 13.2. The molecule has 2 aliphatic heterocycles. The lowest BCUT2D eigenvalue weighted by molar-refractivity contribution is -0.367. The van der Waals surface area contributed by atoms with Gasteiger partial charge in [0.05, 0.1) is 30.8 Å². The van der Waals surface area contributed by atoms with Gasteiger partial charge >= 0.3 is 5.97 Å². The number of aliphatic hydroxyl groups excluding tert-OH is 8. The van der Waals surface area contributed by atoms with Crippen LogP contribution in [0.2, 0.25) is 0 Å². The van der Waals surface area contributed by atoms with Crippen molar-refractivity contribution < 1.29 is 69.7 Å². The second-order valence-corrected chi connectivity index (χ2v) is 20.3. The van der Waals surface area contributed by atoms with Crippen molar-refractivity contribution in [2.45, 2.75) is 173 Å². The van der Waals surface area contributed by atoms with Crippen LogP contribution in [0, 0.1) is 56.7 Å². The van der Waals surface area contributed by atoms with Crippen molar-refractivity contribution >= 4 is 5.97 Å². The van der Waals surface area contributed by atoms with Crippen LogP contribution in [-0.2, 0) is 23.7 Å². The van der Waals surface area contributed by atoms with Gasteiger partial charge in [0.2, 0.25) is 0 Å². The number of rotatable bonds is 7. The van der Waals surface area contributed by atoms with Gasteiger partial charge in [-0.15, -0.1) is 0 Å². The SMILES string of the molecule is C[C@H]1[C@H](C)CC[C@]2(C(=O)O)CC[C@]3(C)C(=CC[C@@H]4[C@@]5(C)C[C@@H](O[C@@H]6O[C@H](CO)[C@@H](O)[C@H](O)[C@H]6O)[C@H](O[C@@H]6O[C@H](CO)[C@@H](O)[C@H](O)[C@H]6O)C(C)(C)[C@@H]5CC[C@]43C)[C@H]12. The third kappa shape index (κ3) is 6.05. The lowest BCUT2D eigenvalue weighted by Gasteiger charge is -2.72. The molecule has 21 atom stereocenters. The van der Waals surface area contributed by atoms with Gasteiger partial charge in [0, 0.05) is 0 Å². The van der Waals surface area contributed by atoms with Gasteiger partial charge in [-0.05, 0) is 103 Å². The number of carboxylic acids is 1. The molecule has 7 rings (SSSR count). The molecule has 0 aromatic heterocycles. The van der Waals surface area contributed by atoms with E-state index in [1.807, 2.05) is 0 Å². The number of carboxylic acid groups (broad SMARTS) is 1. The van der Waals surface area contributed by atoms with E-state index in [-0.39, 0.29) is 34.5 Å². The summed E-state index contributed by atoms with van der Waals surface area (Å²) in [5.74, 6) is 0.0423. The Hall–Kier alpha value is -1.27. The molecule has 0 radical (unpaired) electrons. The molecule has 56 heavy (non-hydrogen) atoms. The van der Waals surface area contributed by atoms with E-state index in [4.69, 9.17) is 18.9 Å². The molecule has 4 saturated carbocycles. The molecule has 7 aliphatic rings. The van der Waals surface area contributed by atoms with Gasteiger partial charge in [0.25, 0.3) is 0 Å². The van der Waals surface area contributed by atoms with Gasteiger partial charge in [0.1, 0.15) is 48.8 Å². The average molecular weight is 797 g/mol. The van der Waals surface area contributed by atoms with Crippen molar-refractivity contribution in [2.75, 3.05) is 13.2 Å². The van der Waals surface area contributed by atoms with Crippen LogP contribution < -0.4 is 0 Å². The molecule has 320 valence electrons. The van der Waals surface area contributed by atoms with Crippen LogP contribution >= 0.6 is 0 Å². The summed E-state index contributed by atoms with van der Waals surface area (Å²) in [5.41, 5.74) is -1.10. The Kier molecular flexibility index (Phi) is 11.3. The minimum absolute atomic E-state index is 0.0199. The summed E-state index contributed by atoms with van der Waals surface area (Å²) in [6.07, 6.45) is -8.79. The fourth-order valence-electron chi connectivity index (χ4n) is 14.0. The molecule has 6 fully saturated rings. The summed E-state index contributed by atoms with van der Waals surface area (Å²) in [5, 5.41) is 95.5. The van der Waals surface area contributed by atoms with Crippen molar-refractivity contribution in [2.24, 2.45) is 56.7 Å². The van der Waals surface area contributed by atoms with E-state index in [0.717, 1.165) is 32.1 Å². The van der Waals surface area contributed by atoms with Gasteiger partial charge in [-0.3, -0.25) is 4.79 Å². The number of fused-ring (bicyclic) bond motifs is 7. The number of carbonyl (C=O) groups is 1. The third-order valence-corrected chi connectivity index (χ3v) is 17.6. The molecule has 0 aromatic carbocycles. The fourth-order valence-corrected chi connectivity index (χ4v) is 14.0. The normalized spacial score (nSPS) is 55.5. The number of hydrogen-bond donors (Lipinski definition) is 9. The van der Waals surface area contributed by atoms with E-state index >= 15 is 0 Å². The molecule has 2 heterocycles. The van der Waals surface area contributed by atoms with Crippen LogP contribution in [0.25, 0.3) is 0 Å².